The van der Waals surface area contributed by atoms with Crippen LogP contribution >= 0.6 is 15.9 Å². The molecule has 0 aliphatic heterocycles. The monoisotopic (exact) mass is 240 g/mol. The average molecular weight is 241 g/mol. The maximum Gasteiger partial charge on any atom is 0.0410 e. The summed E-state index contributed by atoms with van der Waals surface area (Å²) in [6.45, 7) is 3.66. The topological polar surface area (TPSA) is 38.9 Å². The van der Waals surface area contributed by atoms with Crippen LogP contribution in [0.15, 0.2) is 35.6 Å². The molecule has 0 saturated carbocycles. The number of nitrogens with zero attached hydrogens (tertiary/aromatic N) is 1. The Bertz CT molecular complexity index is 286. The number of hydrogen-bond acceptors (Lipinski definition) is 2. The highest BCUT2D eigenvalue weighted by Crippen LogP contribution is 2.18. The van der Waals surface area contributed by atoms with E-state index in [0.717, 1.165) is 22.9 Å². The van der Waals surface area contributed by atoms with Gasteiger partial charge in [0.05, 0.1) is 0 Å². The van der Waals surface area contributed by atoms with Crippen molar-refractivity contribution in [3.8, 4) is 0 Å². The van der Waals surface area contributed by atoms with Gasteiger partial charge in [-0.2, -0.15) is 0 Å². The summed E-state index contributed by atoms with van der Waals surface area (Å²) >= 11 is 3.36. The first-order chi connectivity index (χ1) is 6.24. The Hall–Kier alpha value is -0.670. The number of rotatable bonds is 4. The van der Waals surface area contributed by atoms with Crippen molar-refractivity contribution in [1.82, 2.24) is 4.98 Å². The number of nitrogens with two attached hydrogens (primary N) is 1. The number of allylic oxidation sites excluding steroid dienone is 1. The van der Waals surface area contributed by atoms with E-state index in [1.165, 1.54) is 0 Å². The molecule has 0 fully saturated rings. The Kier molecular flexibility index (Phi) is 4.12. The van der Waals surface area contributed by atoms with Crippen molar-refractivity contribution in [3.63, 3.8) is 0 Å². The third-order valence-corrected chi connectivity index (χ3v) is 2.27. The summed E-state index contributed by atoms with van der Waals surface area (Å²) in [5.74, 6) is 0. The van der Waals surface area contributed by atoms with Gasteiger partial charge in [0.1, 0.15) is 0 Å². The third-order valence-electron chi connectivity index (χ3n) is 1.84. The zero-order valence-electron chi connectivity index (χ0n) is 7.41. The van der Waals surface area contributed by atoms with Crippen LogP contribution in [0.2, 0.25) is 0 Å². The van der Waals surface area contributed by atoms with Gasteiger partial charge in [0, 0.05) is 22.9 Å². The van der Waals surface area contributed by atoms with Gasteiger partial charge in [-0.25, -0.2) is 0 Å². The molecular formula is C10H13BrN2. The third kappa shape index (κ3) is 3.28. The van der Waals surface area contributed by atoms with Gasteiger partial charge in [-0.1, -0.05) is 6.08 Å². The average Bonchev–Trinajstić information content (AvgIpc) is 2.14. The van der Waals surface area contributed by atoms with E-state index in [4.69, 9.17) is 5.73 Å². The van der Waals surface area contributed by atoms with E-state index >= 15 is 0 Å². The Labute approximate surface area is 87.0 Å². The van der Waals surface area contributed by atoms with E-state index in [9.17, 15) is 0 Å². The highest BCUT2D eigenvalue weighted by Gasteiger charge is 2.04. The summed E-state index contributed by atoms with van der Waals surface area (Å²) in [7, 11) is 0. The minimum atomic E-state index is 0.0583. The molecule has 1 aromatic heterocycles. The van der Waals surface area contributed by atoms with Crippen molar-refractivity contribution in [1.29, 1.82) is 0 Å². The second-order valence-corrected chi connectivity index (χ2v) is 3.82. The molecule has 0 amide bonds. The van der Waals surface area contributed by atoms with Crippen LogP contribution in [0.3, 0.4) is 0 Å². The van der Waals surface area contributed by atoms with Gasteiger partial charge < -0.3 is 5.73 Å². The summed E-state index contributed by atoms with van der Waals surface area (Å²) < 4.78 is 0.971. The molecule has 0 spiro atoms. The molecule has 1 unspecified atom stereocenters. The Morgan fingerprint density at radius 1 is 1.62 bits per heavy atom. The van der Waals surface area contributed by atoms with E-state index in [1.54, 1.807) is 12.4 Å². The first-order valence-corrected chi connectivity index (χ1v) is 5.00. The van der Waals surface area contributed by atoms with Crippen molar-refractivity contribution >= 4 is 15.9 Å². The second kappa shape index (κ2) is 5.14. The van der Waals surface area contributed by atoms with Crippen LogP contribution < -0.4 is 5.73 Å². The maximum atomic E-state index is 5.94. The maximum absolute atomic E-state index is 5.94. The van der Waals surface area contributed by atoms with Crippen LogP contribution in [-0.4, -0.2) is 4.98 Å². The van der Waals surface area contributed by atoms with Crippen LogP contribution in [0.5, 0.6) is 0 Å². The lowest BCUT2D eigenvalue weighted by atomic mass is 10.1. The van der Waals surface area contributed by atoms with Crippen LogP contribution in [0.1, 0.15) is 24.4 Å². The van der Waals surface area contributed by atoms with Crippen molar-refractivity contribution in [2.75, 3.05) is 0 Å². The lowest BCUT2D eigenvalue weighted by molar-refractivity contribution is 0.658. The fraction of sp³-hybridized carbons (Fsp3) is 0.300. The van der Waals surface area contributed by atoms with Crippen LogP contribution in [0.25, 0.3) is 0 Å². The summed E-state index contributed by atoms with van der Waals surface area (Å²) in [6.07, 6.45) is 7.29. The molecule has 1 aromatic rings. The van der Waals surface area contributed by atoms with Gasteiger partial charge >= 0.3 is 0 Å². The van der Waals surface area contributed by atoms with Gasteiger partial charge in [0.15, 0.2) is 0 Å². The Morgan fingerprint density at radius 2 is 2.38 bits per heavy atom. The molecule has 0 saturated heterocycles. The predicted molar refractivity (Wildman–Crippen MR) is 58.3 cm³/mol. The molecule has 2 nitrogen and oxygen atoms in total. The van der Waals surface area contributed by atoms with E-state index in [-0.39, 0.29) is 6.04 Å². The highest BCUT2D eigenvalue weighted by molar-refractivity contribution is 9.10. The minimum Gasteiger partial charge on any atom is -0.324 e. The molecule has 0 radical (unpaired) electrons. The van der Waals surface area contributed by atoms with E-state index < -0.39 is 0 Å². The summed E-state index contributed by atoms with van der Waals surface area (Å²) in [6, 6.07) is 2.06. The zero-order valence-corrected chi connectivity index (χ0v) is 9.00. The highest BCUT2D eigenvalue weighted by atomic mass is 79.9. The largest absolute Gasteiger partial charge is 0.324 e. The minimum absolute atomic E-state index is 0.0583. The first kappa shape index (κ1) is 10.4. The summed E-state index contributed by atoms with van der Waals surface area (Å²) in [5.41, 5.74) is 7.01. The molecule has 3 heteroatoms. The number of aromatic nitrogens is 1. The van der Waals surface area contributed by atoms with Crippen molar-refractivity contribution in [2.24, 2.45) is 5.73 Å². The summed E-state index contributed by atoms with van der Waals surface area (Å²) in [5, 5.41) is 0. The smallest absolute Gasteiger partial charge is 0.0410 e. The number of pyridine rings is 1. The quantitative estimate of drug-likeness (QED) is 0.823. The molecule has 0 aliphatic carbocycles. The number of halogens is 1. The predicted octanol–water partition coefficient (Wildman–Crippen LogP) is 2.81. The zero-order chi connectivity index (χ0) is 9.68. The van der Waals surface area contributed by atoms with Crippen molar-refractivity contribution < 1.29 is 0 Å². The van der Waals surface area contributed by atoms with Crippen molar-refractivity contribution in [2.45, 2.75) is 18.9 Å². The lowest BCUT2D eigenvalue weighted by Gasteiger charge is -2.09. The molecule has 1 heterocycles. The molecule has 2 N–H and O–H groups in total. The van der Waals surface area contributed by atoms with Gasteiger partial charge in [-0.05, 0) is 40.4 Å². The van der Waals surface area contributed by atoms with Gasteiger partial charge in [0.25, 0.3) is 0 Å². The Balaban J connectivity index is 2.65. The van der Waals surface area contributed by atoms with Gasteiger partial charge in [0.2, 0.25) is 0 Å². The van der Waals surface area contributed by atoms with Gasteiger partial charge in [-0.15, -0.1) is 6.58 Å². The molecule has 1 atom stereocenters. The molecule has 0 aliphatic rings. The second-order valence-electron chi connectivity index (χ2n) is 2.91. The number of hydrogen-bond donors (Lipinski definition) is 1. The molecule has 0 bridgehead atoms. The fourth-order valence-corrected chi connectivity index (χ4v) is 1.48. The molecule has 1 rings (SSSR count). The van der Waals surface area contributed by atoms with Gasteiger partial charge in [-0.3, -0.25) is 4.98 Å². The van der Waals surface area contributed by atoms with Crippen LogP contribution in [-0.2, 0) is 0 Å². The normalized spacial score (nSPS) is 12.5. The molecular weight excluding hydrogens is 228 g/mol. The lowest BCUT2D eigenvalue weighted by Crippen LogP contribution is -2.09. The molecule has 0 aromatic carbocycles. The molecule has 13 heavy (non-hydrogen) atoms. The molecule has 70 valence electrons. The Morgan fingerprint density at radius 3 is 3.00 bits per heavy atom. The van der Waals surface area contributed by atoms with E-state index in [1.807, 2.05) is 12.1 Å². The van der Waals surface area contributed by atoms with Crippen LogP contribution in [0, 0.1) is 0 Å². The van der Waals surface area contributed by atoms with E-state index in [0.29, 0.717) is 0 Å². The SMILES string of the molecule is C=CCCC(N)c1cncc(Br)c1. The van der Waals surface area contributed by atoms with Crippen LogP contribution in [0.4, 0.5) is 0 Å². The van der Waals surface area contributed by atoms with Crippen molar-refractivity contribution in [3.05, 3.63) is 41.2 Å². The summed E-state index contributed by atoms with van der Waals surface area (Å²) in [4.78, 5) is 4.06. The fourth-order valence-electron chi connectivity index (χ4n) is 1.10. The van der Waals surface area contributed by atoms with E-state index in [2.05, 4.69) is 27.5 Å². The standard InChI is InChI=1S/C10H13BrN2/c1-2-3-4-10(12)8-5-9(11)7-13-6-8/h2,5-7,10H,1,3-4,12H2. The first-order valence-electron chi connectivity index (χ1n) is 4.21.